The minimum absolute atomic E-state index is 0.284. The van der Waals surface area contributed by atoms with Crippen LogP contribution in [0.5, 0.6) is 5.75 Å². The van der Waals surface area contributed by atoms with Crippen LogP contribution in [0.1, 0.15) is 5.56 Å². The van der Waals surface area contributed by atoms with Gasteiger partial charge in [-0.25, -0.2) is 0 Å². The lowest BCUT2D eigenvalue weighted by atomic mass is 10.2. The van der Waals surface area contributed by atoms with E-state index in [1.807, 2.05) is 12.1 Å². The molecule has 0 fully saturated rings. The maximum absolute atomic E-state index is 8.40. The summed E-state index contributed by atoms with van der Waals surface area (Å²) in [6.45, 7) is 3.62. The van der Waals surface area contributed by atoms with Gasteiger partial charge >= 0.3 is 7.69 Å². The smallest absolute Gasteiger partial charge is 0.504 e. The van der Waals surface area contributed by atoms with E-state index in [1.54, 1.807) is 18.2 Å². The topological polar surface area (TPSA) is 29.5 Å². The second kappa shape index (κ2) is 3.83. The molecule has 0 aliphatic rings. The summed E-state index contributed by atoms with van der Waals surface area (Å²) in [7, 11) is -0.284. The van der Waals surface area contributed by atoms with Crippen LogP contribution in [0.3, 0.4) is 0 Å². The standard InChI is InChI=1S/C8H9BO2/c1-2-7-3-5-8(6-4-7)11-9-10/h2-6,9-10H,1H2. The summed E-state index contributed by atoms with van der Waals surface area (Å²) >= 11 is 0. The Bertz CT molecular complexity index is 230. The molecule has 0 bridgehead atoms. The Balaban J connectivity index is 2.74. The van der Waals surface area contributed by atoms with Gasteiger partial charge in [0.1, 0.15) is 5.75 Å². The number of rotatable bonds is 3. The van der Waals surface area contributed by atoms with Crippen LogP contribution in [0.25, 0.3) is 6.08 Å². The maximum Gasteiger partial charge on any atom is 0.504 e. The first-order valence-corrected chi connectivity index (χ1v) is 3.33. The summed E-state index contributed by atoms with van der Waals surface area (Å²) in [4.78, 5) is 0. The molecule has 1 aromatic rings. The summed E-state index contributed by atoms with van der Waals surface area (Å²) in [6.07, 6.45) is 1.75. The number of benzene rings is 1. The summed E-state index contributed by atoms with van der Waals surface area (Å²) in [6, 6.07) is 7.32. The predicted molar refractivity (Wildman–Crippen MR) is 46.5 cm³/mol. The monoisotopic (exact) mass is 148 g/mol. The lowest BCUT2D eigenvalue weighted by Crippen LogP contribution is -1.99. The van der Waals surface area contributed by atoms with Gasteiger partial charge in [-0.1, -0.05) is 24.8 Å². The van der Waals surface area contributed by atoms with Crippen molar-refractivity contribution in [2.45, 2.75) is 0 Å². The fourth-order valence-electron chi connectivity index (χ4n) is 0.775. The first-order chi connectivity index (χ1) is 5.36. The van der Waals surface area contributed by atoms with Gasteiger partial charge in [-0.2, -0.15) is 0 Å². The fraction of sp³-hybridized carbons (Fsp3) is 0. The van der Waals surface area contributed by atoms with E-state index in [2.05, 4.69) is 6.58 Å². The molecule has 0 aliphatic heterocycles. The van der Waals surface area contributed by atoms with Gasteiger partial charge in [0, 0.05) is 0 Å². The van der Waals surface area contributed by atoms with E-state index in [4.69, 9.17) is 9.68 Å². The summed E-state index contributed by atoms with van der Waals surface area (Å²) in [5, 5.41) is 8.40. The molecule has 0 saturated carbocycles. The van der Waals surface area contributed by atoms with Crippen molar-refractivity contribution in [1.29, 1.82) is 0 Å². The van der Waals surface area contributed by atoms with E-state index in [0.717, 1.165) is 5.56 Å². The molecule has 1 N–H and O–H groups in total. The molecular weight excluding hydrogens is 139 g/mol. The van der Waals surface area contributed by atoms with Gasteiger partial charge in [-0.3, -0.25) is 0 Å². The van der Waals surface area contributed by atoms with Crippen molar-refractivity contribution in [2.24, 2.45) is 0 Å². The largest absolute Gasteiger partial charge is 0.539 e. The van der Waals surface area contributed by atoms with Crippen molar-refractivity contribution in [1.82, 2.24) is 0 Å². The molecule has 0 radical (unpaired) electrons. The molecule has 1 rings (SSSR count). The lowest BCUT2D eigenvalue weighted by molar-refractivity contribution is 0.454. The first kappa shape index (κ1) is 7.89. The lowest BCUT2D eigenvalue weighted by Gasteiger charge is -2.00. The van der Waals surface area contributed by atoms with E-state index in [0.29, 0.717) is 5.75 Å². The second-order valence-electron chi connectivity index (χ2n) is 2.05. The Labute approximate surface area is 66.4 Å². The van der Waals surface area contributed by atoms with E-state index in [-0.39, 0.29) is 7.69 Å². The average molecular weight is 148 g/mol. The summed E-state index contributed by atoms with van der Waals surface area (Å²) < 4.78 is 4.83. The number of hydrogen-bond donors (Lipinski definition) is 1. The molecule has 0 heterocycles. The van der Waals surface area contributed by atoms with E-state index < -0.39 is 0 Å². The molecule has 0 amide bonds. The Morgan fingerprint density at radius 2 is 2.00 bits per heavy atom. The van der Waals surface area contributed by atoms with Crippen LogP contribution in [0.15, 0.2) is 30.8 Å². The van der Waals surface area contributed by atoms with Crippen LogP contribution in [0.2, 0.25) is 0 Å². The van der Waals surface area contributed by atoms with Crippen LogP contribution in [-0.4, -0.2) is 12.7 Å². The Kier molecular flexibility index (Phi) is 2.75. The zero-order chi connectivity index (χ0) is 8.10. The average Bonchev–Trinajstić information content (AvgIpc) is 2.07. The first-order valence-electron chi connectivity index (χ1n) is 3.33. The molecule has 1 aromatic carbocycles. The third-order valence-corrected chi connectivity index (χ3v) is 1.35. The van der Waals surface area contributed by atoms with Crippen molar-refractivity contribution in [3.05, 3.63) is 36.4 Å². The highest BCUT2D eigenvalue weighted by molar-refractivity contribution is 6.17. The minimum atomic E-state index is -0.284. The SMILES string of the molecule is C=Cc1ccc(OBO)cc1. The zero-order valence-corrected chi connectivity index (χ0v) is 6.16. The summed E-state index contributed by atoms with van der Waals surface area (Å²) in [5.41, 5.74) is 1.04. The predicted octanol–water partition coefficient (Wildman–Crippen LogP) is 0.967. The van der Waals surface area contributed by atoms with Gasteiger partial charge in [0.05, 0.1) is 0 Å². The van der Waals surface area contributed by atoms with Crippen LogP contribution in [-0.2, 0) is 0 Å². The van der Waals surface area contributed by atoms with Crippen molar-refractivity contribution < 1.29 is 9.68 Å². The Hall–Kier alpha value is -1.22. The van der Waals surface area contributed by atoms with Gasteiger partial charge in [-0.05, 0) is 17.7 Å². The molecular formula is C8H9BO2. The van der Waals surface area contributed by atoms with Crippen molar-refractivity contribution in [2.75, 3.05) is 0 Å². The normalized spacial score (nSPS) is 8.82. The van der Waals surface area contributed by atoms with Crippen LogP contribution in [0.4, 0.5) is 0 Å². The number of hydrogen-bond acceptors (Lipinski definition) is 2. The van der Waals surface area contributed by atoms with Crippen molar-refractivity contribution in [3.63, 3.8) is 0 Å². The Morgan fingerprint density at radius 3 is 2.45 bits per heavy atom. The highest BCUT2D eigenvalue weighted by Gasteiger charge is 1.91. The van der Waals surface area contributed by atoms with Gasteiger partial charge in [0.2, 0.25) is 0 Å². The minimum Gasteiger partial charge on any atom is -0.539 e. The van der Waals surface area contributed by atoms with Crippen LogP contribution >= 0.6 is 0 Å². The molecule has 0 saturated heterocycles. The van der Waals surface area contributed by atoms with Crippen molar-refractivity contribution in [3.8, 4) is 5.75 Å². The third kappa shape index (κ3) is 2.13. The molecule has 0 spiro atoms. The molecule has 0 aromatic heterocycles. The molecule has 3 heteroatoms. The quantitative estimate of drug-likeness (QED) is 0.647. The van der Waals surface area contributed by atoms with Gasteiger partial charge < -0.3 is 9.68 Å². The molecule has 0 unspecified atom stereocenters. The maximum atomic E-state index is 8.40. The van der Waals surface area contributed by atoms with Crippen LogP contribution in [0, 0.1) is 0 Å². The zero-order valence-electron chi connectivity index (χ0n) is 6.16. The van der Waals surface area contributed by atoms with Gasteiger partial charge in [0.25, 0.3) is 0 Å². The molecule has 2 nitrogen and oxygen atoms in total. The van der Waals surface area contributed by atoms with E-state index >= 15 is 0 Å². The highest BCUT2D eigenvalue weighted by atomic mass is 16.5. The molecule has 0 atom stereocenters. The third-order valence-electron chi connectivity index (χ3n) is 1.35. The van der Waals surface area contributed by atoms with Crippen molar-refractivity contribution >= 4 is 13.8 Å². The van der Waals surface area contributed by atoms with Crippen LogP contribution < -0.4 is 4.65 Å². The molecule has 56 valence electrons. The Morgan fingerprint density at radius 1 is 1.36 bits per heavy atom. The van der Waals surface area contributed by atoms with E-state index in [1.165, 1.54) is 0 Å². The van der Waals surface area contributed by atoms with Gasteiger partial charge in [0.15, 0.2) is 0 Å². The molecule has 11 heavy (non-hydrogen) atoms. The van der Waals surface area contributed by atoms with E-state index in [9.17, 15) is 0 Å². The second-order valence-corrected chi connectivity index (χ2v) is 2.05. The molecule has 0 aliphatic carbocycles. The summed E-state index contributed by atoms with van der Waals surface area (Å²) in [5.74, 6) is 0.665. The fourth-order valence-corrected chi connectivity index (χ4v) is 0.775. The highest BCUT2D eigenvalue weighted by Crippen LogP contribution is 2.11. The van der Waals surface area contributed by atoms with Gasteiger partial charge in [-0.15, -0.1) is 0 Å².